The summed E-state index contributed by atoms with van der Waals surface area (Å²) in [5, 5.41) is 6.37. The summed E-state index contributed by atoms with van der Waals surface area (Å²) in [7, 11) is 0. The number of hydrogen-bond donors (Lipinski definition) is 2. The Hall–Kier alpha value is -1.55. The van der Waals surface area contributed by atoms with Crippen LogP contribution in [0.2, 0.25) is 0 Å². The van der Waals surface area contributed by atoms with Crippen LogP contribution in [0.1, 0.15) is 36.7 Å². The molecule has 0 aromatic heterocycles. The topological polar surface area (TPSA) is 50.4 Å². The van der Waals surface area contributed by atoms with Crippen molar-refractivity contribution in [2.75, 3.05) is 25.1 Å². The molecule has 0 radical (unpaired) electrons. The van der Waals surface area contributed by atoms with Gasteiger partial charge in [-0.05, 0) is 37.0 Å². The number of rotatable bonds is 6. The van der Waals surface area contributed by atoms with Gasteiger partial charge in [-0.25, -0.2) is 0 Å². The molecule has 110 valence electrons. The highest BCUT2D eigenvalue weighted by molar-refractivity contribution is 5.95. The number of hydrogen-bond acceptors (Lipinski definition) is 3. The average Bonchev–Trinajstić information content (AvgIpc) is 2.90. The molecule has 1 atom stereocenters. The number of amides is 1. The lowest BCUT2D eigenvalue weighted by molar-refractivity contribution is 0.0806. The van der Waals surface area contributed by atoms with Crippen molar-refractivity contribution in [3.8, 4) is 0 Å². The zero-order valence-electron chi connectivity index (χ0n) is 12.5. The van der Waals surface area contributed by atoms with E-state index in [9.17, 15) is 4.79 Å². The molecule has 0 saturated carbocycles. The molecule has 1 aromatic carbocycles. The smallest absolute Gasteiger partial charge is 0.251 e. The van der Waals surface area contributed by atoms with Crippen molar-refractivity contribution in [3.63, 3.8) is 0 Å². The highest BCUT2D eigenvalue weighted by Gasteiger charge is 2.19. The van der Waals surface area contributed by atoms with Crippen LogP contribution in [0.3, 0.4) is 0 Å². The van der Waals surface area contributed by atoms with Crippen LogP contribution in [0.25, 0.3) is 0 Å². The minimum absolute atomic E-state index is 0.0279. The van der Waals surface area contributed by atoms with Gasteiger partial charge in [-0.15, -0.1) is 0 Å². The fourth-order valence-electron chi connectivity index (χ4n) is 2.33. The molecule has 0 saturated heterocycles. The molecule has 1 aromatic rings. The molecule has 2 N–H and O–H groups in total. The van der Waals surface area contributed by atoms with E-state index in [-0.39, 0.29) is 11.9 Å². The fraction of sp³-hybridized carbons (Fsp3) is 0.562. The van der Waals surface area contributed by atoms with Crippen molar-refractivity contribution >= 4 is 11.6 Å². The van der Waals surface area contributed by atoms with E-state index in [1.54, 1.807) is 0 Å². The van der Waals surface area contributed by atoms with E-state index >= 15 is 0 Å². The third-order valence-electron chi connectivity index (χ3n) is 3.70. The fourth-order valence-corrected chi connectivity index (χ4v) is 2.33. The van der Waals surface area contributed by atoms with Crippen molar-refractivity contribution < 1.29 is 9.53 Å². The normalized spacial score (nSPS) is 14.8. The summed E-state index contributed by atoms with van der Waals surface area (Å²) in [6, 6.07) is 5.93. The van der Waals surface area contributed by atoms with E-state index in [1.807, 2.05) is 25.1 Å². The number of anilines is 1. The number of fused-ring (bicyclic) bond motifs is 1. The third kappa shape index (κ3) is 3.51. The van der Waals surface area contributed by atoms with E-state index in [0.717, 1.165) is 18.7 Å². The quantitative estimate of drug-likeness (QED) is 0.839. The Kier molecular flexibility index (Phi) is 5.01. The van der Waals surface area contributed by atoms with Gasteiger partial charge in [0.1, 0.15) is 0 Å². The Morgan fingerprint density at radius 1 is 1.45 bits per heavy atom. The Morgan fingerprint density at radius 3 is 2.95 bits per heavy atom. The number of carbonyl (C=O) groups excluding carboxylic acids is 1. The minimum Gasteiger partial charge on any atom is -0.384 e. The lowest BCUT2D eigenvalue weighted by Gasteiger charge is -2.22. The van der Waals surface area contributed by atoms with Gasteiger partial charge in [-0.1, -0.05) is 19.9 Å². The van der Waals surface area contributed by atoms with Gasteiger partial charge >= 0.3 is 0 Å². The molecule has 1 amide bonds. The van der Waals surface area contributed by atoms with Gasteiger partial charge in [0.15, 0.2) is 0 Å². The molecule has 20 heavy (non-hydrogen) atoms. The summed E-state index contributed by atoms with van der Waals surface area (Å²) >= 11 is 0. The zero-order chi connectivity index (χ0) is 14.5. The number of carbonyl (C=O) groups is 1. The molecular weight excluding hydrogens is 252 g/mol. The molecule has 1 unspecified atom stereocenters. The summed E-state index contributed by atoms with van der Waals surface area (Å²) in [6.07, 6.45) is 1.04. The van der Waals surface area contributed by atoms with E-state index < -0.39 is 0 Å². The largest absolute Gasteiger partial charge is 0.384 e. The van der Waals surface area contributed by atoms with E-state index in [0.29, 0.717) is 24.7 Å². The first-order valence-corrected chi connectivity index (χ1v) is 7.37. The first kappa shape index (κ1) is 14.9. The Bertz CT molecular complexity index is 472. The Morgan fingerprint density at radius 2 is 2.25 bits per heavy atom. The second-order valence-corrected chi connectivity index (χ2v) is 5.53. The lowest BCUT2D eigenvalue weighted by atomic mass is 10.0. The Balaban J connectivity index is 2.02. The van der Waals surface area contributed by atoms with Gasteiger partial charge in [-0.3, -0.25) is 4.79 Å². The van der Waals surface area contributed by atoms with Crippen LogP contribution >= 0.6 is 0 Å². The van der Waals surface area contributed by atoms with Gasteiger partial charge < -0.3 is 15.4 Å². The first-order valence-electron chi connectivity index (χ1n) is 7.37. The molecule has 4 nitrogen and oxygen atoms in total. The van der Waals surface area contributed by atoms with E-state index in [2.05, 4.69) is 24.5 Å². The van der Waals surface area contributed by atoms with Crippen LogP contribution < -0.4 is 10.6 Å². The maximum atomic E-state index is 12.3. The molecule has 1 aliphatic heterocycles. The second kappa shape index (κ2) is 6.75. The van der Waals surface area contributed by atoms with E-state index in [4.69, 9.17) is 4.74 Å². The van der Waals surface area contributed by atoms with Crippen molar-refractivity contribution in [3.05, 3.63) is 29.3 Å². The molecule has 1 aliphatic rings. The Labute approximate surface area is 120 Å². The second-order valence-electron chi connectivity index (χ2n) is 5.53. The number of benzene rings is 1. The van der Waals surface area contributed by atoms with Crippen molar-refractivity contribution in [1.29, 1.82) is 0 Å². The lowest BCUT2D eigenvalue weighted by Crippen LogP contribution is -2.41. The zero-order valence-corrected chi connectivity index (χ0v) is 12.5. The van der Waals surface area contributed by atoms with Gasteiger partial charge in [-0.2, -0.15) is 0 Å². The SMILES string of the molecule is CCOCC(NC(=O)c1ccc2c(c1)NCC2)C(C)C. The third-order valence-corrected chi connectivity index (χ3v) is 3.70. The van der Waals surface area contributed by atoms with Gasteiger partial charge in [0.25, 0.3) is 5.91 Å². The predicted octanol–water partition coefficient (Wildman–Crippen LogP) is 2.45. The number of nitrogens with one attached hydrogen (secondary N) is 2. The molecule has 4 heteroatoms. The molecule has 0 bridgehead atoms. The highest BCUT2D eigenvalue weighted by Crippen LogP contribution is 2.23. The maximum absolute atomic E-state index is 12.3. The van der Waals surface area contributed by atoms with Crippen LogP contribution in [0.15, 0.2) is 18.2 Å². The first-order chi connectivity index (χ1) is 9.61. The van der Waals surface area contributed by atoms with Gasteiger partial charge in [0, 0.05) is 24.4 Å². The molecule has 0 aliphatic carbocycles. The van der Waals surface area contributed by atoms with Crippen LogP contribution in [-0.2, 0) is 11.2 Å². The van der Waals surface area contributed by atoms with E-state index in [1.165, 1.54) is 5.56 Å². The molecule has 0 fully saturated rings. The van der Waals surface area contributed by atoms with Crippen molar-refractivity contribution in [1.82, 2.24) is 5.32 Å². The summed E-state index contributed by atoms with van der Waals surface area (Å²) in [5.74, 6) is 0.318. The minimum atomic E-state index is -0.0279. The molecule has 2 rings (SSSR count). The van der Waals surface area contributed by atoms with Crippen LogP contribution in [0.4, 0.5) is 5.69 Å². The highest BCUT2D eigenvalue weighted by atomic mass is 16.5. The molecular formula is C16H24N2O2. The predicted molar refractivity (Wildman–Crippen MR) is 81.2 cm³/mol. The summed E-state index contributed by atoms with van der Waals surface area (Å²) in [6.45, 7) is 8.33. The number of ether oxygens (including phenoxy) is 1. The van der Waals surface area contributed by atoms with Crippen LogP contribution in [0.5, 0.6) is 0 Å². The van der Waals surface area contributed by atoms with Crippen LogP contribution in [0, 0.1) is 5.92 Å². The maximum Gasteiger partial charge on any atom is 0.251 e. The summed E-state index contributed by atoms with van der Waals surface area (Å²) in [4.78, 5) is 12.3. The van der Waals surface area contributed by atoms with Crippen LogP contribution in [-0.4, -0.2) is 31.7 Å². The average molecular weight is 276 g/mol. The van der Waals surface area contributed by atoms with Gasteiger partial charge in [0.2, 0.25) is 0 Å². The molecule has 1 heterocycles. The standard InChI is InChI=1S/C16H24N2O2/c1-4-20-10-15(11(2)3)18-16(19)13-6-5-12-7-8-17-14(12)9-13/h5-6,9,11,15,17H,4,7-8,10H2,1-3H3,(H,18,19). The monoisotopic (exact) mass is 276 g/mol. The summed E-state index contributed by atoms with van der Waals surface area (Å²) in [5.41, 5.74) is 3.08. The van der Waals surface area contributed by atoms with Gasteiger partial charge in [0.05, 0.1) is 12.6 Å². The van der Waals surface area contributed by atoms with Crippen molar-refractivity contribution in [2.24, 2.45) is 5.92 Å². The summed E-state index contributed by atoms with van der Waals surface area (Å²) < 4.78 is 5.44. The van der Waals surface area contributed by atoms with Crippen molar-refractivity contribution in [2.45, 2.75) is 33.2 Å². The molecule has 0 spiro atoms.